The first-order chi connectivity index (χ1) is 11.1. The van der Waals surface area contributed by atoms with E-state index in [1.165, 1.54) is 22.2 Å². The minimum absolute atomic E-state index is 0.119. The summed E-state index contributed by atoms with van der Waals surface area (Å²) in [5.41, 5.74) is 1.43. The maximum absolute atomic E-state index is 12.2. The Balaban J connectivity index is 1.63. The SMILES string of the molecule is C[C@H]1CCc2c(sc3ncnc(S[C@@H](C)C(=O)NC4CC4)c23)C1. The lowest BCUT2D eigenvalue weighted by atomic mass is 9.89. The van der Waals surface area contributed by atoms with Crippen molar-refractivity contribution in [3.63, 3.8) is 0 Å². The molecule has 2 aliphatic carbocycles. The van der Waals surface area contributed by atoms with Gasteiger partial charge in [0.25, 0.3) is 0 Å². The standard InChI is InChI=1S/C17H21N3OS2/c1-9-3-6-12-13(7-9)23-17-14(12)16(18-8-19-17)22-10(2)15(21)20-11-4-5-11/h8-11H,3-7H2,1-2H3,(H,20,21)/t9-,10-/m0/s1. The molecule has 2 atom stereocenters. The van der Waals surface area contributed by atoms with Crippen molar-refractivity contribution in [3.05, 3.63) is 16.8 Å². The molecule has 4 nitrogen and oxygen atoms in total. The molecule has 2 aliphatic rings. The summed E-state index contributed by atoms with van der Waals surface area (Å²) in [5, 5.41) is 5.14. The van der Waals surface area contributed by atoms with Crippen LogP contribution < -0.4 is 5.32 Å². The number of carbonyl (C=O) groups is 1. The maximum Gasteiger partial charge on any atom is 0.233 e. The quantitative estimate of drug-likeness (QED) is 0.678. The van der Waals surface area contributed by atoms with Gasteiger partial charge in [0, 0.05) is 16.3 Å². The van der Waals surface area contributed by atoms with Crippen molar-refractivity contribution in [1.82, 2.24) is 15.3 Å². The Kier molecular flexibility index (Phi) is 4.05. The summed E-state index contributed by atoms with van der Waals surface area (Å²) in [6, 6.07) is 0.409. The second-order valence-corrected chi connectivity index (χ2v) is 9.17. The molecule has 6 heteroatoms. The van der Waals surface area contributed by atoms with E-state index in [0.717, 1.165) is 41.5 Å². The van der Waals surface area contributed by atoms with Gasteiger partial charge < -0.3 is 5.32 Å². The number of rotatable bonds is 4. The van der Waals surface area contributed by atoms with Crippen LogP contribution in [0.5, 0.6) is 0 Å². The van der Waals surface area contributed by atoms with E-state index in [1.807, 2.05) is 18.3 Å². The Morgan fingerprint density at radius 3 is 3.00 bits per heavy atom. The highest BCUT2D eigenvalue weighted by atomic mass is 32.2. The zero-order valence-corrected chi connectivity index (χ0v) is 15.1. The van der Waals surface area contributed by atoms with Crippen LogP contribution in [0, 0.1) is 5.92 Å². The first-order valence-corrected chi connectivity index (χ1v) is 10.0. The van der Waals surface area contributed by atoms with Gasteiger partial charge in [-0.05, 0) is 50.5 Å². The van der Waals surface area contributed by atoms with Crippen LogP contribution in [0.4, 0.5) is 0 Å². The zero-order valence-electron chi connectivity index (χ0n) is 13.5. The highest BCUT2D eigenvalue weighted by Gasteiger charge is 2.28. The highest BCUT2D eigenvalue weighted by molar-refractivity contribution is 8.00. The topological polar surface area (TPSA) is 54.9 Å². The average Bonchev–Trinajstić information content (AvgIpc) is 3.25. The van der Waals surface area contributed by atoms with E-state index in [2.05, 4.69) is 22.2 Å². The van der Waals surface area contributed by atoms with E-state index in [0.29, 0.717) is 6.04 Å². The van der Waals surface area contributed by atoms with Crippen molar-refractivity contribution in [2.45, 2.75) is 62.3 Å². The molecule has 0 aliphatic heterocycles. The summed E-state index contributed by atoms with van der Waals surface area (Å²) in [6.07, 6.45) is 7.38. The summed E-state index contributed by atoms with van der Waals surface area (Å²) in [5.74, 6) is 0.879. The summed E-state index contributed by atoms with van der Waals surface area (Å²) in [7, 11) is 0. The second kappa shape index (κ2) is 6.06. The molecule has 0 saturated heterocycles. The molecule has 1 amide bonds. The Bertz CT molecular complexity index is 754. The van der Waals surface area contributed by atoms with Crippen molar-refractivity contribution in [3.8, 4) is 0 Å². The molecule has 2 aromatic heterocycles. The molecule has 1 N–H and O–H groups in total. The fraction of sp³-hybridized carbons (Fsp3) is 0.588. The molecule has 0 bridgehead atoms. The van der Waals surface area contributed by atoms with Crippen LogP contribution in [-0.2, 0) is 17.6 Å². The molecule has 0 aromatic carbocycles. The number of aryl methyl sites for hydroxylation is 1. The first-order valence-electron chi connectivity index (χ1n) is 8.34. The lowest BCUT2D eigenvalue weighted by Crippen LogP contribution is -2.32. The summed E-state index contributed by atoms with van der Waals surface area (Å²) >= 11 is 3.38. The molecule has 2 heterocycles. The molecule has 1 fully saturated rings. The molecule has 2 aromatic rings. The average molecular weight is 348 g/mol. The van der Waals surface area contributed by atoms with E-state index in [9.17, 15) is 4.79 Å². The second-order valence-electron chi connectivity index (χ2n) is 6.75. The maximum atomic E-state index is 12.2. The summed E-state index contributed by atoms with van der Waals surface area (Å²) in [4.78, 5) is 23.8. The van der Waals surface area contributed by atoms with E-state index >= 15 is 0 Å². The van der Waals surface area contributed by atoms with Crippen molar-refractivity contribution in [2.75, 3.05) is 0 Å². The third-order valence-electron chi connectivity index (χ3n) is 4.64. The number of hydrogen-bond donors (Lipinski definition) is 1. The van der Waals surface area contributed by atoms with Crippen LogP contribution in [0.15, 0.2) is 11.4 Å². The van der Waals surface area contributed by atoms with Gasteiger partial charge in [-0.25, -0.2) is 9.97 Å². The van der Waals surface area contributed by atoms with Gasteiger partial charge in [0.05, 0.1) is 5.25 Å². The van der Waals surface area contributed by atoms with E-state index in [1.54, 1.807) is 18.1 Å². The molecule has 0 radical (unpaired) electrons. The highest BCUT2D eigenvalue weighted by Crippen LogP contribution is 2.41. The van der Waals surface area contributed by atoms with Crippen LogP contribution >= 0.6 is 23.1 Å². The number of amides is 1. The molecule has 0 unspecified atom stereocenters. The van der Waals surface area contributed by atoms with Crippen molar-refractivity contribution < 1.29 is 4.79 Å². The van der Waals surface area contributed by atoms with E-state index in [-0.39, 0.29) is 11.2 Å². The number of thioether (sulfide) groups is 1. The number of fused-ring (bicyclic) bond motifs is 3. The lowest BCUT2D eigenvalue weighted by molar-refractivity contribution is -0.120. The Morgan fingerprint density at radius 2 is 2.22 bits per heavy atom. The van der Waals surface area contributed by atoms with Crippen LogP contribution in [0.1, 0.15) is 43.6 Å². The van der Waals surface area contributed by atoms with Crippen molar-refractivity contribution in [2.24, 2.45) is 5.92 Å². The van der Waals surface area contributed by atoms with Crippen molar-refractivity contribution >= 4 is 39.2 Å². The number of aromatic nitrogens is 2. The number of thiophene rings is 1. The van der Waals surface area contributed by atoms with Crippen molar-refractivity contribution in [1.29, 1.82) is 0 Å². The molecule has 23 heavy (non-hydrogen) atoms. The van der Waals surface area contributed by atoms with E-state index < -0.39 is 0 Å². The summed E-state index contributed by atoms with van der Waals surface area (Å²) in [6.45, 7) is 4.29. The Hall–Kier alpha value is -1.14. The fourth-order valence-electron chi connectivity index (χ4n) is 3.10. The Labute approximate surface area is 144 Å². The predicted octanol–water partition coefficient (Wildman–Crippen LogP) is 3.58. The third kappa shape index (κ3) is 3.11. The van der Waals surface area contributed by atoms with E-state index in [4.69, 9.17) is 0 Å². The molecule has 122 valence electrons. The van der Waals surface area contributed by atoms with Gasteiger partial charge in [-0.2, -0.15) is 0 Å². The number of nitrogens with zero attached hydrogens (tertiary/aromatic N) is 2. The van der Waals surface area contributed by atoms with Gasteiger partial charge in [0.2, 0.25) is 5.91 Å². The van der Waals surface area contributed by atoms with Crippen LogP contribution in [-0.4, -0.2) is 27.2 Å². The fourth-order valence-corrected chi connectivity index (χ4v) is 5.47. The van der Waals surface area contributed by atoms with Gasteiger partial charge in [-0.15, -0.1) is 11.3 Å². The van der Waals surface area contributed by atoms with Crippen LogP contribution in [0.3, 0.4) is 0 Å². The van der Waals surface area contributed by atoms with Gasteiger partial charge in [0.15, 0.2) is 0 Å². The summed E-state index contributed by atoms with van der Waals surface area (Å²) < 4.78 is 0. The predicted molar refractivity (Wildman–Crippen MR) is 95.1 cm³/mol. The molecular formula is C17H21N3OS2. The number of nitrogens with one attached hydrogen (secondary N) is 1. The largest absolute Gasteiger partial charge is 0.352 e. The molecule has 0 spiro atoms. The first kappa shape index (κ1) is 15.4. The number of hydrogen-bond acceptors (Lipinski definition) is 5. The Morgan fingerprint density at radius 1 is 1.39 bits per heavy atom. The zero-order chi connectivity index (χ0) is 16.0. The minimum atomic E-state index is -0.119. The molecule has 1 saturated carbocycles. The molecule has 4 rings (SSSR count). The number of carbonyl (C=O) groups excluding carboxylic acids is 1. The van der Waals surface area contributed by atoms with Crippen LogP contribution in [0.25, 0.3) is 10.2 Å². The van der Waals surface area contributed by atoms with Gasteiger partial charge in [-0.3, -0.25) is 4.79 Å². The third-order valence-corrected chi connectivity index (χ3v) is 6.90. The minimum Gasteiger partial charge on any atom is -0.352 e. The van der Waals surface area contributed by atoms with Gasteiger partial charge in [0.1, 0.15) is 16.2 Å². The normalized spacial score (nSPS) is 21.9. The van der Waals surface area contributed by atoms with Crippen LogP contribution in [0.2, 0.25) is 0 Å². The lowest BCUT2D eigenvalue weighted by Gasteiger charge is -2.18. The van der Waals surface area contributed by atoms with Gasteiger partial charge >= 0.3 is 0 Å². The monoisotopic (exact) mass is 347 g/mol. The van der Waals surface area contributed by atoms with Gasteiger partial charge in [-0.1, -0.05) is 18.7 Å². The molecular weight excluding hydrogens is 326 g/mol. The smallest absolute Gasteiger partial charge is 0.233 e.